The summed E-state index contributed by atoms with van der Waals surface area (Å²) in [5.74, 6) is 0.113. The van der Waals surface area contributed by atoms with E-state index < -0.39 is 4.92 Å². The lowest BCUT2D eigenvalue weighted by molar-refractivity contribution is -0.385. The Morgan fingerprint density at radius 3 is 2.28 bits per heavy atom. The first-order chi connectivity index (χ1) is 13.7. The van der Waals surface area contributed by atoms with Gasteiger partial charge in [-0.25, -0.2) is 5.43 Å². The number of carbonyl (C=O) groups excluding carboxylic acids is 1. The minimum atomic E-state index is -0.560. The maximum atomic E-state index is 12.1. The Bertz CT molecular complexity index is 915. The summed E-state index contributed by atoms with van der Waals surface area (Å²) in [5, 5.41) is 15.1. The van der Waals surface area contributed by atoms with Crippen molar-refractivity contribution in [1.82, 2.24) is 5.43 Å². The Morgan fingerprint density at radius 1 is 1.14 bits per heavy atom. The zero-order valence-electron chi connectivity index (χ0n) is 17.2. The van der Waals surface area contributed by atoms with Crippen molar-refractivity contribution in [2.24, 2.45) is 5.10 Å². The number of carbonyl (C=O) groups is 1. The van der Waals surface area contributed by atoms with Crippen LogP contribution in [0.1, 0.15) is 37.5 Å². The van der Waals surface area contributed by atoms with Gasteiger partial charge in [0, 0.05) is 17.7 Å². The summed E-state index contributed by atoms with van der Waals surface area (Å²) in [6.45, 7) is 6.38. The molecule has 0 saturated carbocycles. The van der Waals surface area contributed by atoms with Crippen LogP contribution in [-0.4, -0.2) is 31.3 Å². The average Bonchev–Trinajstić information content (AvgIpc) is 2.67. The molecule has 0 aliphatic heterocycles. The summed E-state index contributed by atoms with van der Waals surface area (Å²) < 4.78 is 10.2. The van der Waals surface area contributed by atoms with Crippen molar-refractivity contribution in [1.29, 1.82) is 0 Å². The molecule has 1 amide bonds. The van der Waals surface area contributed by atoms with Crippen LogP contribution in [0.3, 0.4) is 0 Å². The topological polar surface area (TPSA) is 103 Å². The Morgan fingerprint density at radius 2 is 1.76 bits per heavy atom. The molecule has 29 heavy (non-hydrogen) atoms. The van der Waals surface area contributed by atoms with Crippen molar-refractivity contribution in [2.45, 2.75) is 32.6 Å². The number of nitro benzene ring substituents is 1. The second-order valence-electron chi connectivity index (χ2n) is 7.44. The van der Waals surface area contributed by atoms with Crippen molar-refractivity contribution in [3.05, 3.63) is 63.2 Å². The number of hydrogen-bond acceptors (Lipinski definition) is 6. The number of amides is 1. The van der Waals surface area contributed by atoms with E-state index in [0.717, 1.165) is 5.56 Å². The molecule has 2 aromatic rings. The molecule has 2 rings (SSSR count). The lowest BCUT2D eigenvalue weighted by Gasteiger charge is -2.19. The van der Waals surface area contributed by atoms with Crippen molar-refractivity contribution >= 4 is 17.8 Å². The van der Waals surface area contributed by atoms with E-state index in [1.165, 1.54) is 38.1 Å². The van der Waals surface area contributed by atoms with Gasteiger partial charge in [0.2, 0.25) is 11.7 Å². The second-order valence-corrected chi connectivity index (χ2v) is 7.44. The predicted octanol–water partition coefficient (Wildman–Crippen LogP) is 3.60. The van der Waals surface area contributed by atoms with Crippen LogP contribution >= 0.6 is 0 Å². The molecule has 1 N–H and O–H groups in total. The highest BCUT2D eigenvalue weighted by molar-refractivity contribution is 5.87. The van der Waals surface area contributed by atoms with E-state index >= 15 is 0 Å². The van der Waals surface area contributed by atoms with E-state index in [4.69, 9.17) is 9.47 Å². The Kier molecular flexibility index (Phi) is 6.93. The van der Waals surface area contributed by atoms with Crippen LogP contribution in [0.25, 0.3) is 0 Å². The van der Waals surface area contributed by atoms with E-state index in [9.17, 15) is 14.9 Å². The van der Waals surface area contributed by atoms with Crippen LogP contribution in [0.15, 0.2) is 41.5 Å². The van der Waals surface area contributed by atoms with Gasteiger partial charge in [0.1, 0.15) is 5.75 Å². The Hall–Kier alpha value is -3.42. The molecule has 0 saturated heterocycles. The zero-order chi connectivity index (χ0) is 21.6. The standard InChI is InChI=1S/C21H25N3O5/c1-21(2,3)16-8-6-14(7-9-16)10-20(25)23-22-13-15-11-17(24(26)27)19(29-5)12-18(15)28-4/h6-9,11-13H,10H2,1-5H3,(H,23,25)/b22-13-. The quantitative estimate of drug-likeness (QED) is 0.435. The number of methoxy groups -OCH3 is 2. The normalized spacial score (nSPS) is 11.3. The first-order valence-corrected chi connectivity index (χ1v) is 8.97. The molecule has 0 radical (unpaired) electrons. The van der Waals surface area contributed by atoms with Crippen molar-refractivity contribution in [2.75, 3.05) is 14.2 Å². The van der Waals surface area contributed by atoms with E-state index in [-0.39, 0.29) is 29.2 Å². The van der Waals surface area contributed by atoms with Crippen molar-refractivity contribution < 1.29 is 19.2 Å². The lowest BCUT2D eigenvalue weighted by Crippen LogP contribution is -2.20. The molecule has 8 nitrogen and oxygen atoms in total. The molecule has 0 bridgehead atoms. The van der Waals surface area contributed by atoms with Gasteiger partial charge in [-0.1, -0.05) is 45.0 Å². The molecule has 0 aromatic heterocycles. The molecule has 0 atom stereocenters. The number of benzene rings is 2. The highest BCUT2D eigenvalue weighted by atomic mass is 16.6. The molecule has 0 aliphatic carbocycles. The van der Waals surface area contributed by atoms with Crippen LogP contribution in [0.5, 0.6) is 11.5 Å². The molecular formula is C21H25N3O5. The third-order valence-electron chi connectivity index (χ3n) is 4.31. The van der Waals surface area contributed by atoms with Gasteiger partial charge in [-0.05, 0) is 16.5 Å². The fraction of sp³-hybridized carbons (Fsp3) is 0.333. The van der Waals surface area contributed by atoms with Crippen molar-refractivity contribution in [3.63, 3.8) is 0 Å². The summed E-state index contributed by atoms with van der Waals surface area (Å²) >= 11 is 0. The minimum Gasteiger partial charge on any atom is -0.496 e. The van der Waals surface area contributed by atoms with Gasteiger partial charge in [0.25, 0.3) is 0 Å². The number of hydrazone groups is 1. The summed E-state index contributed by atoms with van der Waals surface area (Å²) in [7, 11) is 2.77. The van der Waals surface area contributed by atoms with E-state index in [1.54, 1.807) is 0 Å². The van der Waals surface area contributed by atoms with Gasteiger partial charge < -0.3 is 9.47 Å². The van der Waals surface area contributed by atoms with Gasteiger partial charge in [-0.2, -0.15) is 5.10 Å². The third kappa shape index (κ3) is 5.78. The molecule has 0 heterocycles. The molecule has 154 valence electrons. The lowest BCUT2D eigenvalue weighted by atomic mass is 9.86. The number of nitrogens with zero attached hydrogens (tertiary/aromatic N) is 2. The molecular weight excluding hydrogens is 374 g/mol. The number of nitro groups is 1. The van der Waals surface area contributed by atoms with Gasteiger partial charge in [-0.15, -0.1) is 0 Å². The van der Waals surface area contributed by atoms with E-state index in [0.29, 0.717) is 11.3 Å². The molecule has 2 aromatic carbocycles. The fourth-order valence-corrected chi connectivity index (χ4v) is 2.67. The van der Waals surface area contributed by atoms with Crippen LogP contribution in [0.4, 0.5) is 5.69 Å². The number of rotatable bonds is 7. The van der Waals surface area contributed by atoms with E-state index in [2.05, 4.69) is 31.3 Å². The van der Waals surface area contributed by atoms with Crippen LogP contribution in [0, 0.1) is 10.1 Å². The Labute approximate surface area is 169 Å². The Balaban J connectivity index is 2.08. The monoisotopic (exact) mass is 399 g/mol. The highest BCUT2D eigenvalue weighted by Crippen LogP contribution is 2.33. The number of nitrogens with one attached hydrogen (secondary N) is 1. The van der Waals surface area contributed by atoms with Gasteiger partial charge in [-0.3, -0.25) is 14.9 Å². The van der Waals surface area contributed by atoms with Crippen LogP contribution < -0.4 is 14.9 Å². The summed E-state index contributed by atoms with van der Waals surface area (Å²) in [4.78, 5) is 22.7. The summed E-state index contributed by atoms with van der Waals surface area (Å²) in [6.07, 6.45) is 1.47. The number of hydrogen-bond donors (Lipinski definition) is 1. The van der Waals surface area contributed by atoms with Gasteiger partial charge >= 0.3 is 5.69 Å². The van der Waals surface area contributed by atoms with Gasteiger partial charge in [0.05, 0.1) is 31.8 Å². The maximum Gasteiger partial charge on any atom is 0.311 e. The largest absolute Gasteiger partial charge is 0.496 e. The zero-order valence-corrected chi connectivity index (χ0v) is 17.2. The summed E-state index contributed by atoms with van der Waals surface area (Å²) in [6, 6.07) is 10.5. The average molecular weight is 399 g/mol. The summed E-state index contributed by atoms with van der Waals surface area (Å²) in [5.41, 5.74) is 4.65. The molecule has 0 unspecified atom stereocenters. The predicted molar refractivity (Wildman–Crippen MR) is 111 cm³/mol. The third-order valence-corrected chi connectivity index (χ3v) is 4.31. The number of ether oxygens (including phenoxy) is 2. The molecule has 0 aliphatic rings. The smallest absolute Gasteiger partial charge is 0.311 e. The molecule has 8 heteroatoms. The first kappa shape index (κ1) is 21.9. The fourth-order valence-electron chi connectivity index (χ4n) is 2.67. The second kappa shape index (κ2) is 9.18. The van der Waals surface area contributed by atoms with Crippen LogP contribution in [-0.2, 0) is 16.6 Å². The maximum absolute atomic E-state index is 12.1. The SMILES string of the molecule is COc1cc(OC)c([N+](=O)[O-])cc1/C=N\NC(=O)Cc1ccc(C(C)(C)C)cc1. The van der Waals surface area contributed by atoms with Crippen LogP contribution in [0.2, 0.25) is 0 Å². The molecule has 0 fully saturated rings. The minimum absolute atomic E-state index is 0.0467. The highest BCUT2D eigenvalue weighted by Gasteiger charge is 2.19. The van der Waals surface area contributed by atoms with E-state index in [1.807, 2.05) is 24.3 Å². The van der Waals surface area contributed by atoms with Crippen molar-refractivity contribution in [3.8, 4) is 11.5 Å². The van der Waals surface area contributed by atoms with Gasteiger partial charge in [0.15, 0.2) is 0 Å². The first-order valence-electron chi connectivity index (χ1n) is 8.97. The molecule has 0 spiro atoms.